The standard InChI is InChI=1S/C10H5F3INO/c1-5(16)6-2-7(4-15)9(8(14)3-6)10(11,12)13/h2-3H,1H3. The first kappa shape index (κ1) is 13.0. The Morgan fingerprint density at radius 3 is 2.38 bits per heavy atom. The highest BCUT2D eigenvalue weighted by molar-refractivity contribution is 14.1. The number of hydrogen-bond donors (Lipinski definition) is 0. The number of ketones is 1. The van der Waals surface area contributed by atoms with Crippen molar-refractivity contribution in [1.29, 1.82) is 5.26 Å². The lowest BCUT2D eigenvalue weighted by Gasteiger charge is -2.11. The summed E-state index contributed by atoms with van der Waals surface area (Å²) in [5.74, 6) is -0.372. The molecule has 0 aliphatic carbocycles. The van der Waals surface area contributed by atoms with E-state index < -0.39 is 17.3 Å². The molecule has 0 N–H and O–H groups in total. The van der Waals surface area contributed by atoms with Crippen molar-refractivity contribution in [3.8, 4) is 6.07 Å². The Kier molecular flexibility index (Phi) is 3.57. The highest BCUT2D eigenvalue weighted by Gasteiger charge is 2.36. The van der Waals surface area contributed by atoms with Crippen molar-refractivity contribution in [2.24, 2.45) is 0 Å². The number of carbonyl (C=O) groups excluding carboxylic acids is 1. The number of rotatable bonds is 1. The molecule has 0 aromatic heterocycles. The molecule has 0 unspecified atom stereocenters. The predicted molar refractivity (Wildman–Crippen MR) is 58.9 cm³/mol. The van der Waals surface area contributed by atoms with E-state index in [1.807, 2.05) is 0 Å². The molecule has 0 saturated carbocycles. The average molecular weight is 339 g/mol. The number of halogens is 4. The van der Waals surface area contributed by atoms with Gasteiger partial charge in [0.2, 0.25) is 0 Å². The van der Waals surface area contributed by atoms with E-state index in [9.17, 15) is 18.0 Å². The lowest BCUT2D eigenvalue weighted by molar-refractivity contribution is -0.138. The van der Waals surface area contributed by atoms with Gasteiger partial charge in [0.25, 0.3) is 0 Å². The normalized spacial score (nSPS) is 11.0. The van der Waals surface area contributed by atoms with E-state index in [0.717, 1.165) is 12.1 Å². The quantitative estimate of drug-likeness (QED) is 0.581. The first-order chi connectivity index (χ1) is 7.27. The molecule has 0 atom stereocenters. The fourth-order valence-electron chi connectivity index (χ4n) is 1.19. The number of nitrogens with zero attached hydrogens (tertiary/aromatic N) is 1. The maximum Gasteiger partial charge on any atom is 0.418 e. The molecule has 2 nitrogen and oxygen atoms in total. The molecule has 0 spiro atoms. The van der Waals surface area contributed by atoms with E-state index in [0.29, 0.717) is 0 Å². The van der Waals surface area contributed by atoms with Crippen molar-refractivity contribution in [3.63, 3.8) is 0 Å². The summed E-state index contributed by atoms with van der Waals surface area (Å²) in [5.41, 5.74) is -1.40. The van der Waals surface area contributed by atoms with Crippen LogP contribution in [-0.2, 0) is 6.18 Å². The van der Waals surface area contributed by atoms with Crippen LogP contribution in [0.1, 0.15) is 28.4 Å². The van der Waals surface area contributed by atoms with E-state index in [4.69, 9.17) is 5.26 Å². The van der Waals surface area contributed by atoms with Crippen LogP contribution in [0.3, 0.4) is 0 Å². The molecule has 1 aromatic carbocycles. The van der Waals surface area contributed by atoms with Gasteiger partial charge >= 0.3 is 6.18 Å². The van der Waals surface area contributed by atoms with E-state index in [2.05, 4.69) is 0 Å². The topological polar surface area (TPSA) is 40.9 Å². The number of benzene rings is 1. The Hall–Kier alpha value is -1.10. The number of carbonyl (C=O) groups is 1. The van der Waals surface area contributed by atoms with Gasteiger partial charge in [0.15, 0.2) is 5.78 Å². The van der Waals surface area contributed by atoms with Crippen LogP contribution < -0.4 is 0 Å². The Morgan fingerprint density at radius 1 is 1.44 bits per heavy atom. The molecule has 0 heterocycles. The molecule has 0 bridgehead atoms. The minimum Gasteiger partial charge on any atom is -0.295 e. The summed E-state index contributed by atoms with van der Waals surface area (Å²) in [6.07, 6.45) is -4.59. The largest absolute Gasteiger partial charge is 0.418 e. The highest BCUT2D eigenvalue weighted by Crippen LogP contribution is 2.35. The average Bonchev–Trinajstić information content (AvgIpc) is 2.14. The molecular weight excluding hydrogens is 334 g/mol. The molecule has 84 valence electrons. The molecule has 0 aliphatic rings. The zero-order valence-corrected chi connectivity index (χ0v) is 10.2. The number of nitriles is 1. The van der Waals surface area contributed by atoms with Gasteiger partial charge in [-0.2, -0.15) is 18.4 Å². The summed E-state index contributed by atoms with van der Waals surface area (Å²) in [5, 5.41) is 8.65. The molecule has 16 heavy (non-hydrogen) atoms. The predicted octanol–water partition coefficient (Wildman–Crippen LogP) is 3.38. The first-order valence-electron chi connectivity index (χ1n) is 4.09. The molecule has 0 saturated heterocycles. The molecule has 6 heteroatoms. The van der Waals surface area contributed by atoms with E-state index in [1.165, 1.54) is 35.6 Å². The second-order valence-corrected chi connectivity index (χ2v) is 4.21. The first-order valence-corrected chi connectivity index (χ1v) is 5.17. The van der Waals surface area contributed by atoms with E-state index >= 15 is 0 Å². The van der Waals surface area contributed by atoms with Crippen LogP contribution in [0.15, 0.2) is 12.1 Å². The van der Waals surface area contributed by atoms with Crippen molar-refractivity contribution in [1.82, 2.24) is 0 Å². The van der Waals surface area contributed by atoms with Crippen molar-refractivity contribution >= 4 is 28.4 Å². The van der Waals surface area contributed by atoms with E-state index in [1.54, 1.807) is 0 Å². The summed E-state index contributed by atoms with van der Waals surface area (Å²) in [4.78, 5) is 11.0. The number of alkyl halides is 3. The van der Waals surface area contributed by atoms with Crippen LogP contribution in [0.4, 0.5) is 13.2 Å². The number of Topliss-reactive ketones (excluding diaryl/α,β-unsaturated/α-hetero) is 1. The summed E-state index contributed by atoms with van der Waals surface area (Å²) in [6.45, 7) is 1.24. The third kappa shape index (κ3) is 2.52. The smallest absolute Gasteiger partial charge is 0.295 e. The van der Waals surface area contributed by atoms with Gasteiger partial charge < -0.3 is 0 Å². The SMILES string of the molecule is CC(=O)c1cc(I)c(C(F)(F)F)c(C#N)c1. The summed E-state index contributed by atoms with van der Waals surface area (Å²) < 4.78 is 37.6. The third-order valence-electron chi connectivity index (χ3n) is 1.90. The molecule has 0 amide bonds. The molecular formula is C10H5F3INO. The zero-order chi connectivity index (χ0) is 12.5. The van der Waals surface area contributed by atoms with Crippen LogP contribution in [0.25, 0.3) is 0 Å². The summed E-state index contributed by atoms with van der Waals surface area (Å²) >= 11 is 1.47. The molecule has 1 aromatic rings. The van der Waals surface area contributed by atoms with E-state index in [-0.39, 0.29) is 14.9 Å². The summed E-state index contributed by atoms with van der Waals surface area (Å²) in [6, 6.07) is 3.56. The second-order valence-electron chi connectivity index (χ2n) is 3.05. The van der Waals surface area contributed by atoms with Crippen LogP contribution >= 0.6 is 22.6 Å². The third-order valence-corrected chi connectivity index (χ3v) is 2.75. The van der Waals surface area contributed by atoms with Crippen molar-refractivity contribution in [2.45, 2.75) is 13.1 Å². The van der Waals surface area contributed by atoms with Gasteiger partial charge in [-0.3, -0.25) is 4.79 Å². The Labute approximate surface area is 103 Å². The molecule has 0 radical (unpaired) electrons. The monoisotopic (exact) mass is 339 g/mol. The fraction of sp³-hybridized carbons (Fsp3) is 0.200. The minimum absolute atomic E-state index is 0.106. The molecule has 1 rings (SSSR count). The van der Waals surface area contributed by atoms with Gasteiger partial charge in [-0.05, 0) is 41.6 Å². The summed E-state index contributed by atoms with van der Waals surface area (Å²) in [7, 11) is 0. The van der Waals surface area contributed by atoms with Crippen molar-refractivity contribution in [3.05, 3.63) is 32.4 Å². The Bertz CT molecular complexity index is 488. The van der Waals surface area contributed by atoms with Crippen molar-refractivity contribution in [2.75, 3.05) is 0 Å². The Balaban J connectivity index is 3.55. The van der Waals surface area contributed by atoms with Gasteiger partial charge in [-0.25, -0.2) is 0 Å². The van der Waals surface area contributed by atoms with Gasteiger partial charge in [-0.1, -0.05) is 0 Å². The van der Waals surface area contributed by atoms with Gasteiger partial charge in [0.05, 0.1) is 17.2 Å². The number of hydrogen-bond acceptors (Lipinski definition) is 2. The molecule has 0 fully saturated rings. The van der Waals surface area contributed by atoms with Crippen LogP contribution in [0, 0.1) is 14.9 Å². The lowest BCUT2D eigenvalue weighted by atomic mass is 10.0. The maximum atomic E-state index is 12.6. The van der Waals surface area contributed by atoms with Gasteiger partial charge in [0.1, 0.15) is 0 Å². The highest BCUT2D eigenvalue weighted by atomic mass is 127. The van der Waals surface area contributed by atoms with Crippen LogP contribution in [0.5, 0.6) is 0 Å². The zero-order valence-electron chi connectivity index (χ0n) is 8.02. The second kappa shape index (κ2) is 4.41. The van der Waals surface area contributed by atoms with Crippen LogP contribution in [-0.4, -0.2) is 5.78 Å². The van der Waals surface area contributed by atoms with Crippen LogP contribution in [0.2, 0.25) is 0 Å². The maximum absolute atomic E-state index is 12.6. The van der Waals surface area contributed by atoms with Crippen molar-refractivity contribution < 1.29 is 18.0 Å². The Morgan fingerprint density at radius 2 is 2.00 bits per heavy atom. The fourth-order valence-corrected chi connectivity index (χ4v) is 2.12. The van der Waals surface area contributed by atoms with Gasteiger partial charge in [-0.15, -0.1) is 0 Å². The molecule has 0 aliphatic heterocycles. The van der Waals surface area contributed by atoms with Gasteiger partial charge in [0, 0.05) is 9.13 Å². The minimum atomic E-state index is -4.59. The lowest BCUT2D eigenvalue weighted by Crippen LogP contribution is -2.12.